The molecule has 0 atom stereocenters. The number of carbonyl (C=O) groups is 2. The number of carboxylic acids is 1. The fourth-order valence-corrected chi connectivity index (χ4v) is 5.73. The van der Waals surface area contributed by atoms with Gasteiger partial charge in [-0.2, -0.15) is 18.4 Å². The van der Waals surface area contributed by atoms with Crippen molar-refractivity contribution in [3.8, 4) is 22.9 Å². The van der Waals surface area contributed by atoms with Gasteiger partial charge in [-0.1, -0.05) is 11.6 Å². The number of nitriles is 1. The van der Waals surface area contributed by atoms with Gasteiger partial charge in [0.05, 0.1) is 44.4 Å². The number of benzene rings is 2. The highest BCUT2D eigenvalue weighted by Crippen LogP contribution is 2.40. The van der Waals surface area contributed by atoms with Crippen LogP contribution in [0.15, 0.2) is 46.6 Å². The van der Waals surface area contributed by atoms with Crippen molar-refractivity contribution in [2.45, 2.75) is 19.6 Å². The van der Waals surface area contributed by atoms with E-state index in [9.17, 15) is 37.9 Å². The first kappa shape index (κ1) is 29.5. The van der Waals surface area contributed by atoms with Crippen LogP contribution in [0.1, 0.15) is 37.8 Å². The molecule has 15 heteroatoms. The number of carbonyl (C=O) groups excluding carboxylic acids is 1. The Morgan fingerprint density at radius 2 is 1.93 bits per heavy atom. The third kappa shape index (κ3) is 5.47. The zero-order valence-corrected chi connectivity index (χ0v) is 23.4. The first-order chi connectivity index (χ1) is 20.3. The summed E-state index contributed by atoms with van der Waals surface area (Å²) >= 11 is 7.35. The quantitative estimate of drug-likeness (QED) is 0.242. The number of aromatic carboxylic acids is 1. The fourth-order valence-electron chi connectivity index (χ4n) is 4.54. The zero-order chi connectivity index (χ0) is 31.2. The van der Waals surface area contributed by atoms with Gasteiger partial charge in [0, 0.05) is 21.5 Å². The van der Waals surface area contributed by atoms with Crippen LogP contribution in [0, 0.1) is 18.3 Å². The molecule has 0 aliphatic heterocycles. The summed E-state index contributed by atoms with van der Waals surface area (Å²) in [5.41, 5.74) is 3.47. The Morgan fingerprint density at radius 3 is 2.58 bits per heavy atom. The summed E-state index contributed by atoms with van der Waals surface area (Å²) in [5, 5.41) is 20.5. The van der Waals surface area contributed by atoms with Crippen LogP contribution >= 0.6 is 22.9 Å². The van der Waals surface area contributed by atoms with Crippen molar-refractivity contribution in [1.82, 2.24) is 14.5 Å². The Bertz CT molecular complexity index is 2080. The standard InChI is InChI=1S/C28H17ClF3N5O5S/c1-12-35-19-7-14(28(30,31)32)6-13(10-33)22(19)26(39)37(12)4-5-42-21-3-2-15(29)8-16(21)17-9-20(25(34)38)36-23-18(27(40)41)11-43-24(17)23/h2-3,6-9,11H,4-5H2,1H3,(H2,34,38)(H,40,41). The molecule has 0 aliphatic carbocycles. The van der Waals surface area contributed by atoms with Crippen molar-refractivity contribution in [3.05, 3.63) is 85.4 Å². The Kier molecular flexibility index (Phi) is 7.55. The van der Waals surface area contributed by atoms with Gasteiger partial charge in [0.1, 0.15) is 29.9 Å². The predicted molar refractivity (Wildman–Crippen MR) is 151 cm³/mol. The molecule has 3 heterocycles. The van der Waals surface area contributed by atoms with Crippen LogP contribution in [0.4, 0.5) is 13.2 Å². The second kappa shape index (κ2) is 11.0. The van der Waals surface area contributed by atoms with Gasteiger partial charge >= 0.3 is 12.1 Å². The molecule has 0 saturated carbocycles. The van der Waals surface area contributed by atoms with Gasteiger partial charge < -0.3 is 15.6 Å². The monoisotopic (exact) mass is 627 g/mol. The van der Waals surface area contributed by atoms with Crippen molar-refractivity contribution in [2.75, 3.05) is 6.61 Å². The van der Waals surface area contributed by atoms with E-state index >= 15 is 0 Å². The molecule has 2 aromatic carbocycles. The van der Waals surface area contributed by atoms with Crippen molar-refractivity contribution >= 4 is 55.9 Å². The molecule has 0 fully saturated rings. The highest BCUT2D eigenvalue weighted by molar-refractivity contribution is 7.18. The molecule has 10 nitrogen and oxygen atoms in total. The first-order valence-electron chi connectivity index (χ1n) is 12.2. The molecule has 43 heavy (non-hydrogen) atoms. The number of halogens is 4. The van der Waals surface area contributed by atoms with Gasteiger partial charge in [-0.05, 0) is 43.3 Å². The number of pyridine rings is 1. The summed E-state index contributed by atoms with van der Waals surface area (Å²) in [6.07, 6.45) is -4.73. The van der Waals surface area contributed by atoms with Gasteiger partial charge in [0.2, 0.25) is 0 Å². The Hall–Kier alpha value is -5.00. The smallest absolute Gasteiger partial charge is 0.416 e. The van der Waals surface area contributed by atoms with Crippen molar-refractivity contribution in [2.24, 2.45) is 5.73 Å². The molecule has 218 valence electrons. The molecular weight excluding hydrogens is 611 g/mol. The maximum atomic E-state index is 13.3. The largest absolute Gasteiger partial charge is 0.491 e. The number of aromatic nitrogens is 3. The molecule has 3 aromatic heterocycles. The Morgan fingerprint density at radius 1 is 1.19 bits per heavy atom. The Balaban J connectivity index is 1.53. The van der Waals surface area contributed by atoms with E-state index in [0.29, 0.717) is 26.9 Å². The molecule has 0 aliphatic rings. The lowest BCUT2D eigenvalue weighted by Crippen LogP contribution is -2.27. The number of fused-ring (bicyclic) bond motifs is 2. The fraction of sp³-hybridized carbons (Fsp3) is 0.143. The number of carboxylic acid groups (broad SMARTS) is 1. The molecule has 5 aromatic rings. The highest BCUT2D eigenvalue weighted by Gasteiger charge is 2.32. The lowest BCUT2D eigenvalue weighted by Gasteiger charge is -2.16. The maximum Gasteiger partial charge on any atom is 0.416 e. The number of nitrogens with two attached hydrogens (primary N) is 1. The van der Waals surface area contributed by atoms with Crippen LogP contribution in [-0.4, -0.2) is 38.1 Å². The van der Waals surface area contributed by atoms with E-state index in [4.69, 9.17) is 22.1 Å². The Labute approximate surface area is 248 Å². The summed E-state index contributed by atoms with van der Waals surface area (Å²) in [6.45, 7) is 1.21. The van der Waals surface area contributed by atoms with Crippen LogP contribution in [0.25, 0.3) is 32.2 Å². The van der Waals surface area contributed by atoms with Crippen LogP contribution in [0.2, 0.25) is 5.02 Å². The number of primary amides is 1. The van der Waals surface area contributed by atoms with Crippen LogP contribution in [0.3, 0.4) is 0 Å². The van der Waals surface area contributed by atoms with E-state index in [1.54, 1.807) is 18.2 Å². The number of aryl methyl sites for hydroxylation is 1. The molecule has 0 spiro atoms. The number of rotatable bonds is 7. The topological polar surface area (TPSA) is 161 Å². The summed E-state index contributed by atoms with van der Waals surface area (Å²) in [7, 11) is 0. The van der Waals surface area contributed by atoms with E-state index in [-0.39, 0.29) is 52.4 Å². The predicted octanol–water partition coefficient (Wildman–Crippen LogP) is 5.40. The summed E-state index contributed by atoms with van der Waals surface area (Å²) < 4.78 is 47.5. The number of thiophene rings is 1. The second-order valence-electron chi connectivity index (χ2n) is 9.18. The van der Waals surface area contributed by atoms with Gasteiger partial charge in [0.15, 0.2) is 0 Å². The average Bonchev–Trinajstić information content (AvgIpc) is 3.38. The third-order valence-electron chi connectivity index (χ3n) is 6.51. The second-order valence-corrected chi connectivity index (χ2v) is 10.5. The maximum absolute atomic E-state index is 13.3. The molecule has 0 saturated heterocycles. The average molecular weight is 628 g/mol. The highest BCUT2D eigenvalue weighted by atomic mass is 35.5. The van der Waals surface area contributed by atoms with E-state index in [0.717, 1.165) is 17.4 Å². The number of hydrogen-bond acceptors (Lipinski definition) is 8. The van der Waals surface area contributed by atoms with E-state index < -0.39 is 34.7 Å². The van der Waals surface area contributed by atoms with Gasteiger partial charge in [0.25, 0.3) is 11.5 Å². The molecule has 0 bridgehead atoms. The van der Waals surface area contributed by atoms with Crippen molar-refractivity contribution in [1.29, 1.82) is 5.26 Å². The molecular formula is C28H17ClF3N5O5S. The third-order valence-corrected chi connectivity index (χ3v) is 7.74. The van der Waals surface area contributed by atoms with Gasteiger partial charge in [-0.3, -0.25) is 14.2 Å². The lowest BCUT2D eigenvalue weighted by atomic mass is 10.0. The van der Waals surface area contributed by atoms with E-state index in [1.807, 2.05) is 0 Å². The number of alkyl halides is 3. The minimum absolute atomic E-state index is 0.0566. The van der Waals surface area contributed by atoms with Crippen LogP contribution in [-0.2, 0) is 12.7 Å². The molecule has 0 radical (unpaired) electrons. The minimum Gasteiger partial charge on any atom is -0.491 e. The number of amides is 1. The molecule has 3 N–H and O–H groups in total. The van der Waals surface area contributed by atoms with Crippen LogP contribution in [0.5, 0.6) is 5.75 Å². The number of nitrogens with zero attached hydrogens (tertiary/aromatic N) is 4. The SMILES string of the molecule is Cc1nc2cc(C(F)(F)F)cc(C#N)c2c(=O)n1CCOc1ccc(Cl)cc1-c1cc(C(N)=O)nc2c(C(=O)O)csc12. The van der Waals surface area contributed by atoms with E-state index in [2.05, 4.69) is 9.97 Å². The van der Waals surface area contributed by atoms with Crippen molar-refractivity contribution in [3.63, 3.8) is 0 Å². The molecule has 1 amide bonds. The summed E-state index contributed by atoms with van der Waals surface area (Å²) in [6, 6.07) is 9.00. The van der Waals surface area contributed by atoms with E-state index in [1.165, 1.54) is 29.0 Å². The molecule has 0 unspecified atom stereocenters. The molecule has 5 rings (SSSR count). The lowest BCUT2D eigenvalue weighted by molar-refractivity contribution is -0.137. The normalized spacial score (nSPS) is 11.5. The first-order valence-corrected chi connectivity index (χ1v) is 13.5. The van der Waals surface area contributed by atoms with Crippen LogP contribution < -0.4 is 16.0 Å². The number of ether oxygens (including phenoxy) is 1. The summed E-state index contributed by atoms with van der Waals surface area (Å²) in [4.78, 5) is 45.3. The minimum atomic E-state index is -4.73. The summed E-state index contributed by atoms with van der Waals surface area (Å²) in [5.74, 6) is -1.77. The number of hydrogen-bond donors (Lipinski definition) is 2. The zero-order valence-electron chi connectivity index (χ0n) is 21.8. The van der Waals surface area contributed by atoms with Crippen molar-refractivity contribution < 1.29 is 32.6 Å². The van der Waals surface area contributed by atoms with Gasteiger partial charge in [-0.25, -0.2) is 14.8 Å². The van der Waals surface area contributed by atoms with Gasteiger partial charge in [-0.15, -0.1) is 11.3 Å².